The molecule has 0 aromatic heterocycles. The van der Waals surface area contributed by atoms with E-state index in [1.807, 2.05) is 13.8 Å². The Balaban J connectivity index is 2.21. The number of hydrogen-bond acceptors (Lipinski definition) is 2. The van der Waals surface area contributed by atoms with Crippen molar-refractivity contribution in [2.24, 2.45) is 5.92 Å². The van der Waals surface area contributed by atoms with E-state index in [-0.39, 0.29) is 6.10 Å². The topological polar surface area (TPSA) is 32.3 Å². The molecule has 16 heavy (non-hydrogen) atoms. The van der Waals surface area contributed by atoms with Crippen molar-refractivity contribution < 1.29 is 5.11 Å². The Bertz CT molecular complexity index is 309. The van der Waals surface area contributed by atoms with Crippen LogP contribution in [0.3, 0.4) is 0 Å². The van der Waals surface area contributed by atoms with Crippen molar-refractivity contribution in [1.29, 1.82) is 0 Å². The summed E-state index contributed by atoms with van der Waals surface area (Å²) in [4.78, 5) is 0. The Hall–Kier alpha value is -0.860. The fraction of sp³-hybridized carbons (Fsp3) is 0.571. The van der Waals surface area contributed by atoms with Crippen LogP contribution < -0.4 is 5.32 Å². The zero-order chi connectivity index (χ0) is 12.0. The predicted molar refractivity (Wildman–Crippen MR) is 68.3 cm³/mol. The highest BCUT2D eigenvalue weighted by Gasteiger charge is 2.07. The van der Waals surface area contributed by atoms with Crippen molar-refractivity contribution in [2.75, 3.05) is 6.54 Å². The van der Waals surface area contributed by atoms with Gasteiger partial charge in [0.1, 0.15) is 0 Å². The highest BCUT2D eigenvalue weighted by Crippen LogP contribution is 2.05. The summed E-state index contributed by atoms with van der Waals surface area (Å²) >= 11 is 0. The van der Waals surface area contributed by atoms with Gasteiger partial charge in [0.15, 0.2) is 0 Å². The first-order valence-electron chi connectivity index (χ1n) is 6.04. The van der Waals surface area contributed by atoms with Crippen molar-refractivity contribution in [2.45, 2.75) is 39.8 Å². The first-order chi connectivity index (χ1) is 7.59. The monoisotopic (exact) mass is 221 g/mol. The largest absolute Gasteiger partial charge is 0.393 e. The van der Waals surface area contributed by atoms with E-state index in [1.54, 1.807) is 0 Å². The molecule has 0 radical (unpaired) electrons. The maximum absolute atomic E-state index is 9.63. The Morgan fingerprint density at radius 2 is 2.06 bits per heavy atom. The predicted octanol–water partition coefficient (Wildman–Crippen LogP) is 2.49. The Labute approximate surface area is 98.7 Å². The zero-order valence-corrected chi connectivity index (χ0v) is 10.5. The van der Waals surface area contributed by atoms with Gasteiger partial charge in [0.05, 0.1) is 6.10 Å². The molecule has 0 saturated carbocycles. The average Bonchev–Trinajstić information content (AvgIpc) is 2.24. The van der Waals surface area contributed by atoms with E-state index in [4.69, 9.17) is 0 Å². The van der Waals surface area contributed by atoms with Gasteiger partial charge in [-0.2, -0.15) is 0 Å². The second-order valence-corrected chi connectivity index (χ2v) is 4.77. The Kier molecular flexibility index (Phi) is 5.50. The highest BCUT2D eigenvalue weighted by molar-refractivity contribution is 5.21. The summed E-state index contributed by atoms with van der Waals surface area (Å²) in [7, 11) is 0. The van der Waals surface area contributed by atoms with Gasteiger partial charge < -0.3 is 10.4 Å². The summed E-state index contributed by atoms with van der Waals surface area (Å²) in [6.07, 6.45) is 0.633. The van der Waals surface area contributed by atoms with E-state index in [2.05, 4.69) is 36.5 Å². The molecule has 0 fully saturated rings. The fourth-order valence-corrected chi connectivity index (χ4v) is 1.64. The van der Waals surface area contributed by atoms with Crippen LogP contribution >= 0.6 is 0 Å². The third kappa shape index (κ3) is 4.77. The lowest BCUT2D eigenvalue weighted by atomic mass is 10.0. The molecule has 1 rings (SSSR count). The number of aliphatic hydroxyl groups is 1. The molecule has 0 amide bonds. The summed E-state index contributed by atoms with van der Waals surface area (Å²) in [6.45, 7) is 7.95. The van der Waals surface area contributed by atoms with Crippen LogP contribution in [0.4, 0.5) is 0 Å². The lowest BCUT2D eigenvalue weighted by molar-refractivity contribution is 0.116. The molecule has 1 atom stereocenters. The standard InChI is InChI=1S/C14H23NO/c1-11(2)14(16)7-8-15-10-13-6-4-5-12(3)9-13/h4-6,9,11,14-16H,7-8,10H2,1-3H3. The minimum absolute atomic E-state index is 0.190. The quantitative estimate of drug-likeness (QED) is 0.723. The molecule has 0 aliphatic rings. The van der Waals surface area contributed by atoms with Crippen molar-refractivity contribution in [3.8, 4) is 0 Å². The summed E-state index contributed by atoms with van der Waals surface area (Å²) in [6, 6.07) is 8.49. The summed E-state index contributed by atoms with van der Waals surface area (Å²) < 4.78 is 0. The van der Waals surface area contributed by atoms with Crippen LogP contribution in [0.15, 0.2) is 24.3 Å². The molecule has 90 valence electrons. The maximum atomic E-state index is 9.63. The van der Waals surface area contributed by atoms with Crippen molar-refractivity contribution in [3.63, 3.8) is 0 Å². The second kappa shape index (κ2) is 6.66. The smallest absolute Gasteiger partial charge is 0.0575 e. The maximum Gasteiger partial charge on any atom is 0.0575 e. The van der Waals surface area contributed by atoms with Gasteiger partial charge >= 0.3 is 0 Å². The van der Waals surface area contributed by atoms with Crippen molar-refractivity contribution >= 4 is 0 Å². The zero-order valence-electron chi connectivity index (χ0n) is 10.5. The molecule has 0 bridgehead atoms. The first kappa shape index (κ1) is 13.2. The molecule has 0 heterocycles. The minimum atomic E-state index is -0.190. The van der Waals surface area contributed by atoms with Gasteiger partial charge in [0, 0.05) is 6.54 Å². The molecule has 0 aliphatic heterocycles. The van der Waals surface area contributed by atoms with Crippen molar-refractivity contribution in [1.82, 2.24) is 5.32 Å². The van der Waals surface area contributed by atoms with Gasteiger partial charge in [0.25, 0.3) is 0 Å². The number of benzene rings is 1. The molecular formula is C14H23NO. The van der Waals surface area contributed by atoms with E-state index in [0.29, 0.717) is 5.92 Å². The van der Waals surface area contributed by atoms with Gasteiger partial charge in [-0.3, -0.25) is 0 Å². The average molecular weight is 221 g/mol. The molecule has 1 aromatic rings. The van der Waals surface area contributed by atoms with E-state index >= 15 is 0 Å². The Morgan fingerprint density at radius 3 is 2.69 bits per heavy atom. The molecule has 1 aromatic carbocycles. The molecule has 0 saturated heterocycles. The van der Waals surface area contributed by atoms with Crippen LogP contribution in [-0.4, -0.2) is 17.8 Å². The molecule has 0 aliphatic carbocycles. The fourth-order valence-electron chi connectivity index (χ4n) is 1.64. The van der Waals surface area contributed by atoms with Crippen LogP contribution in [-0.2, 0) is 6.54 Å². The van der Waals surface area contributed by atoms with E-state index in [1.165, 1.54) is 11.1 Å². The van der Waals surface area contributed by atoms with Gasteiger partial charge in [-0.15, -0.1) is 0 Å². The number of nitrogens with one attached hydrogen (secondary N) is 1. The normalized spacial score (nSPS) is 13.1. The number of aliphatic hydroxyl groups excluding tert-OH is 1. The van der Waals surface area contributed by atoms with E-state index < -0.39 is 0 Å². The SMILES string of the molecule is Cc1cccc(CNCCC(O)C(C)C)c1. The van der Waals surface area contributed by atoms with Crippen LogP contribution in [0.2, 0.25) is 0 Å². The molecule has 0 spiro atoms. The molecule has 2 N–H and O–H groups in total. The van der Waals surface area contributed by atoms with Crippen LogP contribution in [0, 0.1) is 12.8 Å². The molecule has 2 heteroatoms. The van der Waals surface area contributed by atoms with Gasteiger partial charge in [-0.25, -0.2) is 0 Å². The number of rotatable bonds is 6. The number of hydrogen-bond donors (Lipinski definition) is 2. The molecule has 1 unspecified atom stereocenters. The lowest BCUT2D eigenvalue weighted by Crippen LogP contribution is -2.23. The van der Waals surface area contributed by atoms with Crippen LogP contribution in [0.5, 0.6) is 0 Å². The van der Waals surface area contributed by atoms with Crippen molar-refractivity contribution in [3.05, 3.63) is 35.4 Å². The second-order valence-electron chi connectivity index (χ2n) is 4.77. The van der Waals surface area contributed by atoms with Gasteiger partial charge in [-0.1, -0.05) is 43.7 Å². The summed E-state index contributed by atoms with van der Waals surface area (Å²) in [5, 5.41) is 13.0. The highest BCUT2D eigenvalue weighted by atomic mass is 16.3. The van der Waals surface area contributed by atoms with E-state index in [9.17, 15) is 5.11 Å². The minimum Gasteiger partial charge on any atom is -0.393 e. The molecule has 2 nitrogen and oxygen atoms in total. The van der Waals surface area contributed by atoms with Gasteiger partial charge in [-0.05, 0) is 31.4 Å². The Morgan fingerprint density at radius 1 is 1.31 bits per heavy atom. The lowest BCUT2D eigenvalue weighted by Gasteiger charge is -2.14. The van der Waals surface area contributed by atoms with Gasteiger partial charge in [0.2, 0.25) is 0 Å². The summed E-state index contributed by atoms with van der Waals surface area (Å²) in [5.41, 5.74) is 2.60. The molecular weight excluding hydrogens is 198 g/mol. The number of aryl methyl sites for hydroxylation is 1. The van der Waals surface area contributed by atoms with Crippen LogP contribution in [0.25, 0.3) is 0 Å². The van der Waals surface area contributed by atoms with E-state index in [0.717, 1.165) is 19.5 Å². The first-order valence-corrected chi connectivity index (χ1v) is 6.04. The third-order valence-corrected chi connectivity index (χ3v) is 2.80. The van der Waals surface area contributed by atoms with Crippen LogP contribution in [0.1, 0.15) is 31.4 Å². The third-order valence-electron chi connectivity index (χ3n) is 2.80. The summed E-state index contributed by atoms with van der Waals surface area (Å²) in [5.74, 6) is 0.348.